The SMILES string of the molecule is CCCOc1ccc(C=C(CNC)C(C)C)cc1. The molecule has 1 N–H and O–H groups in total. The van der Waals surface area contributed by atoms with Gasteiger partial charge in [-0.15, -0.1) is 0 Å². The molecule has 0 bridgehead atoms. The first-order valence-corrected chi connectivity index (χ1v) is 6.75. The molecule has 1 rings (SSSR count). The Bertz CT molecular complexity index is 365. The van der Waals surface area contributed by atoms with Gasteiger partial charge in [-0.25, -0.2) is 0 Å². The number of hydrogen-bond donors (Lipinski definition) is 1. The van der Waals surface area contributed by atoms with E-state index in [2.05, 4.69) is 44.3 Å². The van der Waals surface area contributed by atoms with Crippen LogP contribution in [-0.4, -0.2) is 20.2 Å². The Kier molecular flexibility index (Phi) is 6.51. The Morgan fingerprint density at radius 3 is 2.44 bits per heavy atom. The average molecular weight is 247 g/mol. The summed E-state index contributed by atoms with van der Waals surface area (Å²) in [6, 6.07) is 8.31. The lowest BCUT2D eigenvalue weighted by Gasteiger charge is -2.11. The largest absolute Gasteiger partial charge is 0.494 e. The number of hydrogen-bond acceptors (Lipinski definition) is 2. The van der Waals surface area contributed by atoms with Crippen LogP contribution in [0.1, 0.15) is 32.8 Å². The van der Waals surface area contributed by atoms with Crippen molar-refractivity contribution < 1.29 is 4.74 Å². The van der Waals surface area contributed by atoms with Crippen molar-refractivity contribution in [3.8, 4) is 5.75 Å². The van der Waals surface area contributed by atoms with E-state index in [0.29, 0.717) is 5.92 Å². The van der Waals surface area contributed by atoms with E-state index in [1.165, 1.54) is 11.1 Å². The van der Waals surface area contributed by atoms with E-state index < -0.39 is 0 Å². The number of rotatable bonds is 7. The Morgan fingerprint density at radius 2 is 1.94 bits per heavy atom. The van der Waals surface area contributed by atoms with E-state index in [-0.39, 0.29) is 0 Å². The van der Waals surface area contributed by atoms with E-state index in [4.69, 9.17) is 4.74 Å². The molecule has 2 nitrogen and oxygen atoms in total. The van der Waals surface area contributed by atoms with Crippen LogP contribution in [0.15, 0.2) is 29.8 Å². The van der Waals surface area contributed by atoms with Gasteiger partial charge in [-0.05, 0) is 37.1 Å². The van der Waals surface area contributed by atoms with Gasteiger partial charge >= 0.3 is 0 Å². The first-order chi connectivity index (χ1) is 8.67. The highest BCUT2D eigenvalue weighted by atomic mass is 16.5. The molecule has 0 atom stereocenters. The second-order valence-corrected chi connectivity index (χ2v) is 4.82. The summed E-state index contributed by atoms with van der Waals surface area (Å²) in [6.07, 6.45) is 3.30. The van der Waals surface area contributed by atoms with Crippen molar-refractivity contribution >= 4 is 6.08 Å². The van der Waals surface area contributed by atoms with Gasteiger partial charge in [-0.2, -0.15) is 0 Å². The van der Waals surface area contributed by atoms with Gasteiger partial charge in [-0.3, -0.25) is 0 Å². The van der Waals surface area contributed by atoms with Gasteiger partial charge in [0.15, 0.2) is 0 Å². The summed E-state index contributed by atoms with van der Waals surface area (Å²) in [5, 5.41) is 3.22. The minimum Gasteiger partial charge on any atom is -0.494 e. The predicted molar refractivity (Wildman–Crippen MR) is 79.0 cm³/mol. The molecular weight excluding hydrogens is 222 g/mol. The molecule has 0 saturated heterocycles. The highest BCUT2D eigenvalue weighted by Gasteiger charge is 2.02. The van der Waals surface area contributed by atoms with Crippen LogP contribution in [-0.2, 0) is 0 Å². The summed E-state index contributed by atoms with van der Waals surface area (Å²) in [5.41, 5.74) is 2.65. The molecule has 2 heteroatoms. The fraction of sp³-hybridized carbons (Fsp3) is 0.500. The molecule has 0 amide bonds. The molecule has 1 aromatic carbocycles. The van der Waals surface area contributed by atoms with Crippen molar-refractivity contribution in [2.24, 2.45) is 5.92 Å². The Balaban J connectivity index is 2.74. The number of ether oxygens (including phenoxy) is 1. The molecule has 0 aliphatic rings. The third kappa shape index (κ3) is 4.92. The number of likely N-dealkylation sites (N-methyl/N-ethyl adjacent to an activating group) is 1. The van der Waals surface area contributed by atoms with Crippen LogP contribution in [0.3, 0.4) is 0 Å². The average Bonchev–Trinajstić information content (AvgIpc) is 2.37. The van der Waals surface area contributed by atoms with Crippen LogP contribution in [0.2, 0.25) is 0 Å². The number of benzene rings is 1. The molecule has 0 aliphatic carbocycles. The fourth-order valence-electron chi connectivity index (χ4n) is 1.72. The molecule has 0 heterocycles. The fourth-order valence-corrected chi connectivity index (χ4v) is 1.72. The van der Waals surface area contributed by atoms with Crippen molar-refractivity contribution in [1.82, 2.24) is 5.32 Å². The van der Waals surface area contributed by atoms with Crippen molar-refractivity contribution in [2.75, 3.05) is 20.2 Å². The smallest absolute Gasteiger partial charge is 0.119 e. The molecule has 0 fully saturated rings. The third-order valence-corrected chi connectivity index (χ3v) is 2.83. The maximum absolute atomic E-state index is 5.58. The Labute approximate surface area is 111 Å². The molecular formula is C16H25NO. The van der Waals surface area contributed by atoms with Gasteiger partial charge < -0.3 is 10.1 Å². The second-order valence-electron chi connectivity index (χ2n) is 4.82. The van der Waals surface area contributed by atoms with Crippen molar-refractivity contribution in [2.45, 2.75) is 27.2 Å². The van der Waals surface area contributed by atoms with Crippen molar-refractivity contribution in [3.05, 3.63) is 35.4 Å². The summed E-state index contributed by atoms with van der Waals surface area (Å²) in [6.45, 7) is 8.28. The van der Waals surface area contributed by atoms with Gasteiger partial charge in [-0.1, -0.05) is 44.6 Å². The molecule has 0 radical (unpaired) electrons. The highest BCUT2D eigenvalue weighted by Crippen LogP contribution is 2.17. The van der Waals surface area contributed by atoms with Gasteiger partial charge in [0.2, 0.25) is 0 Å². The first-order valence-electron chi connectivity index (χ1n) is 6.75. The summed E-state index contributed by atoms with van der Waals surface area (Å²) in [7, 11) is 1.98. The molecule has 0 saturated carbocycles. The minimum absolute atomic E-state index is 0.563. The van der Waals surface area contributed by atoms with Crippen molar-refractivity contribution in [1.29, 1.82) is 0 Å². The maximum Gasteiger partial charge on any atom is 0.119 e. The van der Waals surface area contributed by atoms with Gasteiger partial charge in [0.25, 0.3) is 0 Å². The summed E-state index contributed by atoms with van der Waals surface area (Å²) < 4.78 is 5.58. The van der Waals surface area contributed by atoms with Crippen LogP contribution in [0.4, 0.5) is 0 Å². The quantitative estimate of drug-likeness (QED) is 0.792. The molecule has 0 spiro atoms. The Hall–Kier alpha value is -1.28. The lowest BCUT2D eigenvalue weighted by molar-refractivity contribution is 0.317. The van der Waals surface area contributed by atoms with Crippen LogP contribution in [0.25, 0.3) is 6.08 Å². The zero-order valence-electron chi connectivity index (χ0n) is 12.0. The van der Waals surface area contributed by atoms with Crippen LogP contribution in [0, 0.1) is 5.92 Å². The topological polar surface area (TPSA) is 21.3 Å². The standard InChI is InChI=1S/C16H25NO/c1-5-10-18-16-8-6-14(7-9-16)11-15(12-17-4)13(2)3/h6-9,11,13,17H,5,10,12H2,1-4H3. The normalized spacial score (nSPS) is 11.9. The highest BCUT2D eigenvalue weighted by molar-refractivity contribution is 5.54. The Morgan fingerprint density at radius 1 is 1.28 bits per heavy atom. The molecule has 18 heavy (non-hydrogen) atoms. The summed E-state index contributed by atoms with van der Waals surface area (Å²) in [4.78, 5) is 0. The van der Waals surface area contributed by atoms with Gasteiger partial charge in [0, 0.05) is 6.54 Å². The maximum atomic E-state index is 5.58. The lowest BCUT2D eigenvalue weighted by Crippen LogP contribution is -2.13. The molecule has 0 aromatic heterocycles. The summed E-state index contributed by atoms with van der Waals surface area (Å²) >= 11 is 0. The van der Waals surface area contributed by atoms with Crippen LogP contribution in [0.5, 0.6) is 5.75 Å². The van der Waals surface area contributed by atoms with Gasteiger partial charge in [0.05, 0.1) is 6.61 Å². The van der Waals surface area contributed by atoms with E-state index >= 15 is 0 Å². The van der Waals surface area contributed by atoms with E-state index in [0.717, 1.165) is 25.3 Å². The monoisotopic (exact) mass is 247 g/mol. The lowest BCUT2D eigenvalue weighted by atomic mass is 10.0. The first kappa shape index (κ1) is 14.8. The zero-order chi connectivity index (χ0) is 13.4. The molecule has 100 valence electrons. The number of nitrogens with one attached hydrogen (secondary N) is 1. The van der Waals surface area contributed by atoms with Crippen LogP contribution < -0.4 is 10.1 Å². The minimum atomic E-state index is 0.563. The van der Waals surface area contributed by atoms with Crippen LogP contribution >= 0.6 is 0 Å². The van der Waals surface area contributed by atoms with E-state index in [1.807, 2.05) is 19.2 Å². The van der Waals surface area contributed by atoms with E-state index in [1.54, 1.807) is 0 Å². The molecule has 0 aliphatic heterocycles. The third-order valence-electron chi connectivity index (χ3n) is 2.83. The zero-order valence-corrected chi connectivity index (χ0v) is 12.0. The van der Waals surface area contributed by atoms with E-state index in [9.17, 15) is 0 Å². The molecule has 1 aromatic rings. The second kappa shape index (κ2) is 7.93. The van der Waals surface area contributed by atoms with Gasteiger partial charge in [0.1, 0.15) is 5.75 Å². The molecule has 0 unspecified atom stereocenters. The van der Waals surface area contributed by atoms with Crippen molar-refractivity contribution in [3.63, 3.8) is 0 Å². The predicted octanol–water partition coefficient (Wildman–Crippen LogP) is 3.73. The summed E-state index contributed by atoms with van der Waals surface area (Å²) in [5.74, 6) is 1.52.